The Hall–Kier alpha value is -1.95. The van der Waals surface area contributed by atoms with Crippen molar-refractivity contribution in [3.05, 3.63) is 52.4 Å². The van der Waals surface area contributed by atoms with Gasteiger partial charge in [0.25, 0.3) is 5.91 Å². The zero-order valence-corrected chi connectivity index (χ0v) is 13.0. The Morgan fingerprint density at radius 3 is 2.90 bits per heavy atom. The molecule has 2 N–H and O–H groups in total. The molecule has 1 fully saturated rings. The van der Waals surface area contributed by atoms with Gasteiger partial charge in [0.2, 0.25) is 0 Å². The van der Waals surface area contributed by atoms with Crippen molar-refractivity contribution in [3.63, 3.8) is 0 Å². The third kappa shape index (κ3) is 2.76. The van der Waals surface area contributed by atoms with Gasteiger partial charge in [-0.3, -0.25) is 4.79 Å². The van der Waals surface area contributed by atoms with Crippen molar-refractivity contribution >= 4 is 27.7 Å². The van der Waals surface area contributed by atoms with E-state index in [1.807, 2.05) is 23.1 Å². The Labute approximate surface area is 131 Å². The molecule has 0 saturated carbocycles. The van der Waals surface area contributed by atoms with E-state index in [0.717, 1.165) is 22.9 Å². The van der Waals surface area contributed by atoms with Gasteiger partial charge in [-0.05, 0) is 30.5 Å². The van der Waals surface area contributed by atoms with E-state index in [9.17, 15) is 4.79 Å². The lowest BCUT2D eigenvalue weighted by atomic mass is 10.0. The first-order valence-corrected chi connectivity index (χ1v) is 7.59. The number of amides is 1. The second-order valence-electron chi connectivity index (χ2n) is 5.00. The molecule has 3 rings (SSSR count). The molecule has 1 saturated heterocycles. The van der Waals surface area contributed by atoms with Crippen molar-refractivity contribution in [2.75, 3.05) is 12.3 Å². The quantitative estimate of drug-likeness (QED) is 0.907. The van der Waals surface area contributed by atoms with Crippen molar-refractivity contribution in [2.24, 2.45) is 0 Å². The van der Waals surface area contributed by atoms with Crippen LogP contribution in [0, 0.1) is 0 Å². The maximum Gasteiger partial charge on any atom is 0.276 e. The van der Waals surface area contributed by atoms with Crippen molar-refractivity contribution in [2.45, 2.75) is 18.9 Å². The van der Waals surface area contributed by atoms with Gasteiger partial charge in [-0.15, -0.1) is 0 Å². The number of anilines is 1. The van der Waals surface area contributed by atoms with Crippen molar-refractivity contribution in [1.82, 2.24) is 14.9 Å². The van der Waals surface area contributed by atoms with Crippen LogP contribution in [0.1, 0.15) is 34.9 Å². The number of nitrogens with zero attached hydrogens (tertiary/aromatic N) is 3. The van der Waals surface area contributed by atoms with E-state index in [0.29, 0.717) is 6.54 Å². The summed E-state index contributed by atoms with van der Waals surface area (Å²) in [5.74, 6) is 0.0328. The fraction of sp³-hybridized carbons (Fsp3) is 0.267. The van der Waals surface area contributed by atoms with Crippen molar-refractivity contribution < 1.29 is 4.79 Å². The number of aromatic nitrogens is 2. The first kappa shape index (κ1) is 14.0. The molecule has 0 unspecified atom stereocenters. The summed E-state index contributed by atoms with van der Waals surface area (Å²) in [6.45, 7) is 0.714. The molecule has 0 aliphatic carbocycles. The second kappa shape index (κ2) is 5.81. The number of carbonyl (C=O) groups excluding carboxylic acids is 1. The number of nitrogens with two attached hydrogens (primary N) is 1. The Morgan fingerprint density at radius 2 is 2.14 bits per heavy atom. The zero-order chi connectivity index (χ0) is 14.8. The molecule has 21 heavy (non-hydrogen) atoms. The first-order valence-electron chi connectivity index (χ1n) is 6.80. The van der Waals surface area contributed by atoms with Crippen LogP contribution in [0.25, 0.3) is 0 Å². The smallest absolute Gasteiger partial charge is 0.276 e. The average Bonchev–Trinajstić information content (AvgIpc) is 2.96. The summed E-state index contributed by atoms with van der Waals surface area (Å²) in [6.07, 6.45) is 4.90. The molecule has 1 aliphatic rings. The summed E-state index contributed by atoms with van der Waals surface area (Å²) in [6, 6.07) is 8.12. The number of hydrogen-bond donors (Lipinski definition) is 1. The third-order valence-corrected chi connectivity index (χ3v) is 4.17. The van der Waals surface area contributed by atoms with Gasteiger partial charge >= 0.3 is 0 Å². The first-order chi connectivity index (χ1) is 10.2. The van der Waals surface area contributed by atoms with Crippen LogP contribution in [-0.2, 0) is 0 Å². The molecule has 1 amide bonds. The fourth-order valence-corrected chi connectivity index (χ4v) is 3.14. The molecule has 1 atom stereocenters. The van der Waals surface area contributed by atoms with Crippen LogP contribution < -0.4 is 5.73 Å². The standard InChI is InChI=1S/C15H15BrN4O/c16-11-4-1-3-10(9-11)12-5-2-8-20(12)15(21)13-14(17)19-7-6-18-13/h1,3-4,6-7,9,12H,2,5,8H2,(H2,17,19)/t12-/m0/s1. The fourth-order valence-electron chi connectivity index (χ4n) is 2.72. The van der Waals surface area contributed by atoms with Crippen molar-refractivity contribution in [3.8, 4) is 0 Å². The molecule has 2 heterocycles. The van der Waals surface area contributed by atoms with E-state index in [1.54, 1.807) is 0 Å². The molecular weight excluding hydrogens is 332 g/mol. The number of rotatable bonds is 2. The topological polar surface area (TPSA) is 72.1 Å². The molecule has 1 aromatic carbocycles. The average molecular weight is 347 g/mol. The number of carbonyl (C=O) groups is 1. The Balaban J connectivity index is 1.91. The lowest BCUT2D eigenvalue weighted by Crippen LogP contribution is -2.32. The van der Waals surface area contributed by atoms with E-state index in [4.69, 9.17) is 5.73 Å². The number of nitrogen functional groups attached to an aromatic ring is 1. The zero-order valence-electron chi connectivity index (χ0n) is 11.4. The monoisotopic (exact) mass is 346 g/mol. The van der Waals surface area contributed by atoms with Crippen LogP contribution >= 0.6 is 15.9 Å². The van der Waals surface area contributed by atoms with Gasteiger partial charge in [-0.1, -0.05) is 28.1 Å². The van der Waals surface area contributed by atoms with E-state index in [-0.39, 0.29) is 23.5 Å². The van der Waals surface area contributed by atoms with Gasteiger partial charge in [0.05, 0.1) is 6.04 Å². The summed E-state index contributed by atoms with van der Waals surface area (Å²) in [5, 5.41) is 0. The lowest BCUT2D eigenvalue weighted by molar-refractivity contribution is 0.0730. The molecule has 6 heteroatoms. The van der Waals surface area contributed by atoms with Crippen LogP contribution in [0.15, 0.2) is 41.1 Å². The minimum absolute atomic E-state index is 0.0661. The van der Waals surface area contributed by atoms with Crippen LogP contribution in [0.3, 0.4) is 0 Å². The maximum absolute atomic E-state index is 12.7. The highest BCUT2D eigenvalue weighted by Gasteiger charge is 2.32. The van der Waals surface area contributed by atoms with E-state index >= 15 is 0 Å². The molecule has 0 bridgehead atoms. The van der Waals surface area contributed by atoms with E-state index in [1.165, 1.54) is 12.4 Å². The number of likely N-dealkylation sites (tertiary alicyclic amines) is 1. The minimum Gasteiger partial charge on any atom is -0.382 e. The largest absolute Gasteiger partial charge is 0.382 e. The lowest BCUT2D eigenvalue weighted by Gasteiger charge is -2.25. The van der Waals surface area contributed by atoms with E-state index < -0.39 is 0 Å². The molecule has 1 aliphatic heterocycles. The molecule has 5 nitrogen and oxygen atoms in total. The predicted octanol–water partition coefficient (Wildman–Crippen LogP) is 2.80. The summed E-state index contributed by atoms with van der Waals surface area (Å²) in [5.41, 5.74) is 7.13. The Bertz CT molecular complexity index is 676. The van der Waals surface area contributed by atoms with Crippen LogP contribution in [0.4, 0.5) is 5.82 Å². The molecule has 0 spiro atoms. The Morgan fingerprint density at radius 1 is 1.33 bits per heavy atom. The molecular formula is C15H15BrN4O. The van der Waals surface area contributed by atoms with Gasteiger partial charge in [0.15, 0.2) is 11.5 Å². The van der Waals surface area contributed by atoms with Crippen LogP contribution in [0.5, 0.6) is 0 Å². The molecule has 2 aromatic rings. The highest BCUT2D eigenvalue weighted by atomic mass is 79.9. The van der Waals surface area contributed by atoms with Gasteiger partial charge < -0.3 is 10.6 Å². The van der Waals surface area contributed by atoms with E-state index in [2.05, 4.69) is 32.0 Å². The number of hydrogen-bond acceptors (Lipinski definition) is 4. The normalized spacial score (nSPS) is 18.0. The highest BCUT2D eigenvalue weighted by molar-refractivity contribution is 9.10. The molecule has 1 aromatic heterocycles. The number of benzene rings is 1. The molecule has 0 radical (unpaired) electrons. The van der Waals surface area contributed by atoms with Gasteiger partial charge in [-0.25, -0.2) is 9.97 Å². The highest BCUT2D eigenvalue weighted by Crippen LogP contribution is 2.34. The maximum atomic E-state index is 12.7. The summed E-state index contributed by atoms with van der Waals surface area (Å²) in [7, 11) is 0. The van der Waals surface area contributed by atoms with Gasteiger partial charge in [0, 0.05) is 23.4 Å². The van der Waals surface area contributed by atoms with Crippen LogP contribution in [-0.4, -0.2) is 27.3 Å². The Kier molecular flexibility index (Phi) is 3.88. The van der Waals surface area contributed by atoms with Crippen molar-refractivity contribution in [1.29, 1.82) is 0 Å². The van der Waals surface area contributed by atoms with Crippen LogP contribution in [0.2, 0.25) is 0 Å². The third-order valence-electron chi connectivity index (χ3n) is 3.68. The second-order valence-corrected chi connectivity index (χ2v) is 5.92. The molecule has 108 valence electrons. The minimum atomic E-state index is -0.150. The predicted molar refractivity (Wildman–Crippen MR) is 83.6 cm³/mol. The van der Waals surface area contributed by atoms with Gasteiger partial charge in [0.1, 0.15) is 0 Å². The summed E-state index contributed by atoms with van der Waals surface area (Å²) < 4.78 is 1.01. The number of halogens is 1. The summed E-state index contributed by atoms with van der Waals surface area (Å²) in [4.78, 5) is 22.5. The van der Waals surface area contributed by atoms with Gasteiger partial charge in [-0.2, -0.15) is 0 Å². The summed E-state index contributed by atoms with van der Waals surface area (Å²) >= 11 is 3.48. The SMILES string of the molecule is Nc1nccnc1C(=O)N1CCC[C@H]1c1cccc(Br)c1.